The first-order chi connectivity index (χ1) is 17.8. The highest BCUT2D eigenvalue weighted by Gasteiger charge is 2.53. The fourth-order valence-electron chi connectivity index (χ4n) is 5.46. The maximum atomic E-state index is 13.3. The largest absolute Gasteiger partial charge is 0.462 e. The first-order valence-electron chi connectivity index (χ1n) is 13.5. The van der Waals surface area contributed by atoms with E-state index in [1.807, 2.05) is 19.2 Å². The van der Waals surface area contributed by atoms with Crippen molar-refractivity contribution >= 4 is 23.1 Å². The van der Waals surface area contributed by atoms with Crippen molar-refractivity contribution in [2.24, 2.45) is 28.3 Å². The van der Waals surface area contributed by atoms with Gasteiger partial charge in [-0.25, -0.2) is 4.98 Å². The Morgan fingerprint density at radius 3 is 2.68 bits per heavy atom. The average molecular weight is 551 g/mol. The molecule has 3 heterocycles. The SMILES string of the molecule is CC(Cc1csc(CN=[N+]=[N-])n1)C1CC2OC2(C)CCCC(C)C(O)C(C)C(=O)C(C)(C)C(O)CC(=O)O1. The fraction of sp³-hybridized carbons (Fsp3) is 0.815. The number of azide groups is 1. The summed E-state index contributed by atoms with van der Waals surface area (Å²) in [5, 5.41) is 28.0. The van der Waals surface area contributed by atoms with E-state index in [-0.39, 0.29) is 42.3 Å². The van der Waals surface area contributed by atoms with Gasteiger partial charge in [0.25, 0.3) is 0 Å². The van der Waals surface area contributed by atoms with Crippen molar-refractivity contribution in [3.05, 3.63) is 26.5 Å². The van der Waals surface area contributed by atoms with E-state index < -0.39 is 35.6 Å². The molecule has 2 aliphatic rings. The first kappa shape index (κ1) is 30.5. The number of ketones is 1. The van der Waals surface area contributed by atoms with Crippen molar-refractivity contribution in [3.63, 3.8) is 0 Å². The molecule has 2 saturated heterocycles. The number of fused-ring (bicyclic) bond motifs is 1. The van der Waals surface area contributed by atoms with E-state index in [4.69, 9.17) is 15.0 Å². The van der Waals surface area contributed by atoms with E-state index in [0.717, 1.165) is 30.0 Å². The van der Waals surface area contributed by atoms with Gasteiger partial charge in [0.15, 0.2) is 0 Å². The van der Waals surface area contributed by atoms with Crippen molar-refractivity contribution in [2.75, 3.05) is 0 Å². The smallest absolute Gasteiger partial charge is 0.308 e. The standard InChI is InChI=1S/C27H42N4O6S/c1-15-8-7-9-27(6)21(37-27)11-19(16(2)10-18-14-38-22(30-18)13-29-31-28)36-23(33)12-20(32)26(4,5)25(35)17(3)24(15)34/h14-17,19-21,24,32,34H,7-13H2,1-6H3. The van der Waals surface area contributed by atoms with Gasteiger partial charge in [-0.05, 0) is 43.6 Å². The Balaban J connectivity index is 1.79. The third-order valence-corrected chi connectivity index (χ3v) is 9.35. The zero-order valence-corrected chi connectivity index (χ0v) is 24.1. The van der Waals surface area contributed by atoms with Crippen LogP contribution in [0.25, 0.3) is 10.4 Å². The highest BCUT2D eigenvalue weighted by atomic mass is 32.1. The van der Waals surface area contributed by atoms with Crippen molar-refractivity contribution in [1.82, 2.24) is 4.98 Å². The molecular formula is C27H42N4O6S. The number of hydrogen-bond acceptors (Lipinski definition) is 9. The Bertz CT molecular complexity index is 1040. The lowest BCUT2D eigenvalue weighted by Gasteiger charge is -2.34. The van der Waals surface area contributed by atoms with Crippen LogP contribution in [-0.2, 0) is 32.0 Å². The van der Waals surface area contributed by atoms with Gasteiger partial charge in [0.1, 0.15) is 11.9 Å². The minimum absolute atomic E-state index is 0.0614. The summed E-state index contributed by atoms with van der Waals surface area (Å²) in [6.45, 7) is 11.1. The molecule has 8 unspecified atom stereocenters. The molecule has 10 nitrogen and oxygen atoms in total. The van der Waals surface area contributed by atoms with Crippen LogP contribution in [0.3, 0.4) is 0 Å². The lowest BCUT2D eigenvalue weighted by molar-refractivity contribution is -0.158. The van der Waals surface area contributed by atoms with Crippen LogP contribution in [0.5, 0.6) is 0 Å². The molecule has 0 saturated carbocycles. The molecule has 212 valence electrons. The molecule has 1 aromatic rings. The van der Waals surface area contributed by atoms with Gasteiger partial charge in [-0.3, -0.25) is 9.59 Å². The maximum Gasteiger partial charge on any atom is 0.308 e. The molecule has 3 rings (SSSR count). The van der Waals surface area contributed by atoms with Crippen molar-refractivity contribution in [3.8, 4) is 0 Å². The van der Waals surface area contributed by atoms with Gasteiger partial charge in [0, 0.05) is 22.6 Å². The Morgan fingerprint density at radius 1 is 1.29 bits per heavy atom. The third kappa shape index (κ3) is 7.33. The van der Waals surface area contributed by atoms with Gasteiger partial charge in [-0.15, -0.1) is 11.3 Å². The van der Waals surface area contributed by atoms with E-state index >= 15 is 0 Å². The third-order valence-electron chi connectivity index (χ3n) is 8.47. The Kier molecular flexibility index (Phi) is 9.97. The summed E-state index contributed by atoms with van der Waals surface area (Å²) in [5.41, 5.74) is 7.84. The molecule has 2 fully saturated rings. The molecule has 0 aromatic carbocycles. The van der Waals surface area contributed by atoms with Crippen LogP contribution in [-0.4, -0.2) is 57.0 Å². The topological polar surface area (TPSA) is 158 Å². The highest BCUT2D eigenvalue weighted by molar-refractivity contribution is 7.09. The molecule has 8 atom stereocenters. The molecule has 0 radical (unpaired) electrons. The van der Waals surface area contributed by atoms with Crippen LogP contribution >= 0.6 is 11.3 Å². The van der Waals surface area contributed by atoms with E-state index in [1.165, 1.54) is 11.3 Å². The predicted molar refractivity (Wildman–Crippen MR) is 143 cm³/mol. The molecule has 0 bridgehead atoms. The molecule has 0 aliphatic carbocycles. The van der Waals surface area contributed by atoms with Gasteiger partial charge in [0.2, 0.25) is 0 Å². The molecule has 38 heavy (non-hydrogen) atoms. The molecule has 2 aliphatic heterocycles. The quantitative estimate of drug-likeness (QED) is 0.176. The molecule has 2 N–H and O–H groups in total. The van der Waals surface area contributed by atoms with E-state index in [0.29, 0.717) is 12.8 Å². The maximum absolute atomic E-state index is 13.3. The lowest BCUT2D eigenvalue weighted by atomic mass is 9.73. The Hall–Kier alpha value is -2.04. The summed E-state index contributed by atoms with van der Waals surface area (Å²) in [7, 11) is 0. The summed E-state index contributed by atoms with van der Waals surface area (Å²) in [6.07, 6.45) is 0.557. The Morgan fingerprint density at radius 2 is 2.00 bits per heavy atom. The van der Waals surface area contributed by atoms with Gasteiger partial charge in [-0.1, -0.05) is 46.2 Å². The number of aromatic nitrogens is 1. The average Bonchev–Trinajstić information content (AvgIpc) is 3.27. The summed E-state index contributed by atoms with van der Waals surface area (Å²) >= 11 is 1.42. The van der Waals surface area contributed by atoms with E-state index in [9.17, 15) is 19.8 Å². The number of esters is 1. The number of aliphatic hydroxyl groups is 2. The predicted octanol–water partition coefficient (Wildman–Crippen LogP) is 4.75. The lowest BCUT2D eigenvalue weighted by Crippen LogP contribution is -2.46. The van der Waals surface area contributed by atoms with Crippen molar-refractivity contribution in [1.29, 1.82) is 0 Å². The van der Waals surface area contributed by atoms with Crippen molar-refractivity contribution < 1.29 is 29.3 Å². The van der Waals surface area contributed by atoms with E-state index in [1.54, 1.807) is 20.8 Å². The van der Waals surface area contributed by atoms with Crippen LogP contribution in [0.4, 0.5) is 0 Å². The molecule has 1 aromatic heterocycles. The molecule has 0 spiro atoms. The summed E-state index contributed by atoms with van der Waals surface area (Å²) in [6, 6.07) is 0. The normalized spacial score (nSPS) is 35.5. The fourth-order valence-corrected chi connectivity index (χ4v) is 6.18. The number of thiazole rings is 1. The summed E-state index contributed by atoms with van der Waals surface area (Å²) in [4.78, 5) is 33.6. The van der Waals surface area contributed by atoms with Crippen LogP contribution in [0, 0.1) is 23.2 Å². The number of Topliss-reactive ketones (excluding diaryl/α,β-unsaturated/α-hetero) is 1. The minimum atomic E-state index is -1.25. The second-order valence-electron chi connectivity index (χ2n) is 11.9. The number of rotatable bonds is 5. The first-order valence-corrected chi connectivity index (χ1v) is 14.4. The number of epoxide rings is 1. The number of hydrogen-bond donors (Lipinski definition) is 2. The van der Waals surface area contributed by atoms with Gasteiger partial charge >= 0.3 is 5.97 Å². The van der Waals surface area contributed by atoms with Gasteiger partial charge in [0.05, 0.1) is 53.0 Å². The number of carbonyl (C=O) groups is 2. The number of carbonyl (C=O) groups excluding carboxylic acids is 2. The second kappa shape index (κ2) is 12.4. The minimum Gasteiger partial charge on any atom is -0.462 e. The van der Waals surface area contributed by atoms with Gasteiger partial charge < -0.3 is 19.7 Å². The van der Waals surface area contributed by atoms with Crippen LogP contribution < -0.4 is 0 Å². The zero-order valence-electron chi connectivity index (χ0n) is 23.3. The monoisotopic (exact) mass is 550 g/mol. The Labute approximate surface area is 228 Å². The van der Waals surface area contributed by atoms with E-state index in [2.05, 4.69) is 21.9 Å². The molecular weight excluding hydrogens is 508 g/mol. The summed E-state index contributed by atoms with van der Waals surface area (Å²) < 4.78 is 12.0. The molecule has 11 heteroatoms. The number of ether oxygens (including phenoxy) is 2. The van der Waals surface area contributed by atoms with Crippen LogP contribution in [0.15, 0.2) is 10.5 Å². The van der Waals surface area contributed by atoms with Gasteiger partial charge in [-0.2, -0.15) is 0 Å². The second-order valence-corrected chi connectivity index (χ2v) is 12.9. The number of aliphatic hydroxyl groups excluding tert-OH is 2. The number of cyclic esters (lactones) is 1. The highest BCUT2D eigenvalue weighted by Crippen LogP contribution is 2.45. The molecule has 0 amide bonds. The van der Waals surface area contributed by atoms with Crippen molar-refractivity contribution in [2.45, 2.75) is 117 Å². The van der Waals surface area contributed by atoms with Crippen LogP contribution in [0.2, 0.25) is 0 Å². The number of nitrogens with zero attached hydrogens (tertiary/aromatic N) is 4. The summed E-state index contributed by atoms with van der Waals surface area (Å²) in [5.74, 6) is -1.69. The van der Waals surface area contributed by atoms with Crippen LogP contribution in [0.1, 0.15) is 84.3 Å². The zero-order chi connectivity index (χ0) is 28.3.